The Morgan fingerprint density at radius 2 is 1.60 bits per heavy atom. The molecule has 0 bridgehead atoms. The van der Waals surface area contributed by atoms with Gasteiger partial charge in [0, 0.05) is 29.6 Å². The number of piperidine rings is 1. The summed E-state index contributed by atoms with van der Waals surface area (Å²) >= 11 is 0. The summed E-state index contributed by atoms with van der Waals surface area (Å²) in [5, 5.41) is 6.86. The summed E-state index contributed by atoms with van der Waals surface area (Å²) in [6, 6.07) is 5.94. The molecule has 0 aromatic heterocycles. The molecule has 5 heteroatoms. The number of ether oxygens (including phenoxy) is 2. The van der Waals surface area contributed by atoms with Crippen molar-refractivity contribution in [1.29, 1.82) is 0 Å². The Hall–Kier alpha value is -1.75. The summed E-state index contributed by atoms with van der Waals surface area (Å²) in [5.41, 5.74) is 1.09. The van der Waals surface area contributed by atoms with E-state index >= 15 is 0 Å². The van der Waals surface area contributed by atoms with E-state index in [9.17, 15) is 4.79 Å². The summed E-state index contributed by atoms with van der Waals surface area (Å²) in [6.07, 6.45) is 3.00. The molecule has 0 spiro atoms. The van der Waals surface area contributed by atoms with E-state index in [0.717, 1.165) is 29.9 Å². The van der Waals surface area contributed by atoms with Crippen LogP contribution < -0.4 is 20.1 Å². The molecule has 1 amide bonds. The Bertz CT molecular complexity index is 573. The van der Waals surface area contributed by atoms with Crippen LogP contribution in [0.2, 0.25) is 0 Å². The van der Waals surface area contributed by atoms with Crippen LogP contribution in [0.15, 0.2) is 18.2 Å². The molecular weight excluding hydrogens is 316 g/mol. The molecule has 1 saturated heterocycles. The molecule has 1 fully saturated rings. The number of carbonyl (C=O) groups excluding carboxylic acids is 1. The number of benzene rings is 1. The molecular formula is C20H32N2O3. The molecule has 25 heavy (non-hydrogen) atoms. The van der Waals surface area contributed by atoms with Crippen molar-refractivity contribution >= 4 is 5.91 Å². The van der Waals surface area contributed by atoms with Gasteiger partial charge < -0.3 is 20.1 Å². The van der Waals surface area contributed by atoms with Crippen LogP contribution in [0.4, 0.5) is 0 Å². The number of rotatable bonds is 6. The predicted molar refractivity (Wildman–Crippen MR) is 100 cm³/mol. The molecule has 1 aromatic rings. The number of carbonyl (C=O) groups is 1. The number of methoxy groups -OCH3 is 2. The van der Waals surface area contributed by atoms with Crippen molar-refractivity contribution in [3.8, 4) is 11.5 Å². The fourth-order valence-corrected chi connectivity index (χ4v) is 3.99. The largest absolute Gasteiger partial charge is 0.497 e. The topological polar surface area (TPSA) is 59.6 Å². The molecule has 1 heterocycles. The fourth-order valence-electron chi connectivity index (χ4n) is 3.99. The zero-order valence-electron chi connectivity index (χ0n) is 16.4. The first-order chi connectivity index (χ1) is 11.6. The van der Waals surface area contributed by atoms with Crippen LogP contribution in [0.1, 0.15) is 52.5 Å². The molecule has 140 valence electrons. The van der Waals surface area contributed by atoms with Crippen LogP contribution in [-0.4, -0.2) is 37.2 Å². The van der Waals surface area contributed by atoms with Gasteiger partial charge in [-0.25, -0.2) is 0 Å². The summed E-state index contributed by atoms with van der Waals surface area (Å²) < 4.78 is 10.6. The number of amides is 1. The highest BCUT2D eigenvalue weighted by Crippen LogP contribution is 2.28. The van der Waals surface area contributed by atoms with E-state index in [1.807, 2.05) is 18.2 Å². The third kappa shape index (κ3) is 5.92. The molecule has 0 atom stereocenters. The Balaban J connectivity index is 1.92. The zero-order chi connectivity index (χ0) is 18.7. The standard InChI is InChI=1S/C20H32N2O3/c1-19(2)12-15(13-20(3,4)22-19)21-18(23)8-7-14-9-16(24-5)11-17(10-14)25-6/h9-11,15,22H,7-8,12-13H2,1-6H3,(H,21,23). The molecule has 5 nitrogen and oxygen atoms in total. The maximum Gasteiger partial charge on any atom is 0.220 e. The second-order valence-corrected chi connectivity index (χ2v) is 8.29. The lowest BCUT2D eigenvalue weighted by Gasteiger charge is -2.46. The van der Waals surface area contributed by atoms with Crippen LogP contribution in [0.5, 0.6) is 11.5 Å². The lowest BCUT2D eigenvalue weighted by Crippen LogP contribution is -2.62. The van der Waals surface area contributed by atoms with E-state index in [1.54, 1.807) is 14.2 Å². The number of hydrogen-bond acceptors (Lipinski definition) is 4. The van der Waals surface area contributed by atoms with Crippen molar-refractivity contribution < 1.29 is 14.3 Å². The smallest absolute Gasteiger partial charge is 0.220 e. The van der Waals surface area contributed by atoms with E-state index in [0.29, 0.717) is 12.8 Å². The Morgan fingerprint density at radius 1 is 1.08 bits per heavy atom. The van der Waals surface area contributed by atoms with Gasteiger partial charge in [0.1, 0.15) is 11.5 Å². The molecule has 2 rings (SSSR count). The van der Waals surface area contributed by atoms with E-state index < -0.39 is 0 Å². The summed E-state index contributed by atoms with van der Waals surface area (Å²) in [5.74, 6) is 1.59. The number of nitrogens with one attached hydrogen (secondary N) is 2. The normalized spacial score (nSPS) is 19.3. The highest BCUT2D eigenvalue weighted by Gasteiger charge is 2.38. The van der Waals surface area contributed by atoms with Crippen molar-refractivity contribution in [2.24, 2.45) is 0 Å². The van der Waals surface area contributed by atoms with Gasteiger partial charge in [0.2, 0.25) is 5.91 Å². The minimum absolute atomic E-state index is 0.0276. The Labute approximate surface area is 151 Å². The Kier molecular flexibility index (Phi) is 5.99. The summed E-state index contributed by atoms with van der Waals surface area (Å²) in [7, 11) is 3.26. The van der Waals surface area contributed by atoms with Crippen LogP contribution in [-0.2, 0) is 11.2 Å². The minimum atomic E-state index is 0.0276. The van der Waals surface area contributed by atoms with Gasteiger partial charge in [0.05, 0.1) is 14.2 Å². The zero-order valence-corrected chi connectivity index (χ0v) is 16.4. The van der Waals surface area contributed by atoms with Crippen molar-refractivity contribution in [3.05, 3.63) is 23.8 Å². The number of aryl methyl sites for hydroxylation is 1. The first-order valence-electron chi connectivity index (χ1n) is 8.93. The Morgan fingerprint density at radius 3 is 2.08 bits per heavy atom. The van der Waals surface area contributed by atoms with Gasteiger partial charge in [-0.05, 0) is 64.7 Å². The number of hydrogen-bond donors (Lipinski definition) is 2. The quantitative estimate of drug-likeness (QED) is 0.829. The van der Waals surface area contributed by atoms with Crippen LogP contribution in [0.3, 0.4) is 0 Å². The molecule has 0 radical (unpaired) electrons. The molecule has 0 saturated carbocycles. The van der Waals surface area contributed by atoms with E-state index in [-0.39, 0.29) is 23.0 Å². The third-order valence-electron chi connectivity index (χ3n) is 4.61. The van der Waals surface area contributed by atoms with Gasteiger partial charge in [-0.1, -0.05) is 0 Å². The van der Waals surface area contributed by atoms with Crippen LogP contribution in [0, 0.1) is 0 Å². The second-order valence-electron chi connectivity index (χ2n) is 8.29. The van der Waals surface area contributed by atoms with Gasteiger partial charge in [0.25, 0.3) is 0 Å². The first kappa shape index (κ1) is 19.6. The average molecular weight is 348 g/mol. The fraction of sp³-hybridized carbons (Fsp3) is 0.650. The van der Waals surface area contributed by atoms with Crippen LogP contribution in [0.25, 0.3) is 0 Å². The summed E-state index contributed by atoms with van der Waals surface area (Å²) in [6.45, 7) is 8.76. The molecule has 1 aromatic carbocycles. The van der Waals surface area contributed by atoms with Gasteiger partial charge in [-0.2, -0.15) is 0 Å². The average Bonchev–Trinajstić information content (AvgIpc) is 2.49. The maximum absolute atomic E-state index is 12.4. The van der Waals surface area contributed by atoms with Crippen molar-refractivity contribution in [2.45, 2.75) is 70.5 Å². The lowest BCUT2D eigenvalue weighted by atomic mass is 9.79. The maximum atomic E-state index is 12.4. The van der Waals surface area contributed by atoms with E-state index in [4.69, 9.17) is 9.47 Å². The molecule has 0 aliphatic carbocycles. The minimum Gasteiger partial charge on any atom is -0.497 e. The molecule has 1 aliphatic heterocycles. The van der Waals surface area contributed by atoms with Gasteiger partial charge in [-0.3, -0.25) is 4.79 Å². The van der Waals surface area contributed by atoms with Crippen molar-refractivity contribution in [3.63, 3.8) is 0 Å². The van der Waals surface area contributed by atoms with Crippen LogP contribution >= 0.6 is 0 Å². The molecule has 1 aliphatic rings. The molecule has 0 unspecified atom stereocenters. The summed E-state index contributed by atoms with van der Waals surface area (Å²) in [4.78, 5) is 12.4. The lowest BCUT2D eigenvalue weighted by molar-refractivity contribution is -0.122. The second kappa shape index (κ2) is 7.65. The highest BCUT2D eigenvalue weighted by atomic mass is 16.5. The predicted octanol–water partition coefficient (Wildman–Crippen LogP) is 3.06. The van der Waals surface area contributed by atoms with Gasteiger partial charge in [-0.15, -0.1) is 0 Å². The SMILES string of the molecule is COc1cc(CCC(=O)NC2CC(C)(C)NC(C)(C)C2)cc(OC)c1. The monoisotopic (exact) mass is 348 g/mol. The van der Waals surface area contributed by atoms with Crippen molar-refractivity contribution in [2.75, 3.05) is 14.2 Å². The van der Waals surface area contributed by atoms with Gasteiger partial charge >= 0.3 is 0 Å². The van der Waals surface area contributed by atoms with Gasteiger partial charge in [0.15, 0.2) is 0 Å². The third-order valence-corrected chi connectivity index (χ3v) is 4.61. The van der Waals surface area contributed by atoms with Crippen molar-refractivity contribution in [1.82, 2.24) is 10.6 Å². The van der Waals surface area contributed by atoms with E-state index in [2.05, 4.69) is 38.3 Å². The highest BCUT2D eigenvalue weighted by molar-refractivity contribution is 5.76. The first-order valence-corrected chi connectivity index (χ1v) is 8.93. The van der Waals surface area contributed by atoms with E-state index in [1.165, 1.54) is 0 Å². The molecule has 2 N–H and O–H groups in total.